The molecule has 0 saturated carbocycles. The molecule has 0 bridgehead atoms. The van der Waals surface area contributed by atoms with Crippen LogP contribution in [-0.4, -0.2) is 167 Å². The monoisotopic (exact) mass is 858 g/mol. The smallest absolute Gasteiger partial charge is 0.417 e. The molecular weight excluding hydrogens is 805 g/mol. The summed E-state index contributed by atoms with van der Waals surface area (Å²) >= 11 is 0. The summed E-state index contributed by atoms with van der Waals surface area (Å²) in [5.41, 5.74) is -1.34. The van der Waals surface area contributed by atoms with Crippen molar-refractivity contribution in [2.75, 3.05) is 144 Å². The molecule has 0 unspecified atom stereocenters. The maximum absolute atomic E-state index is 13.6. The van der Waals surface area contributed by atoms with E-state index in [9.17, 15) is 27.6 Å². The highest BCUT2D eigenvalue weighted by Gasteiger charge is 2.35. The van der Waals surface area contributed by atoms with Gasteiger partial charge in [0.25, 0.3) is 5.56 Å². The molecule has 0 aliphatic carbocycles. The fraction of sp³-hybridized carbons (Fsp3) is 0.575. The first-order valence-electron chi connectivity index (χ1n) is 19.5. The minimum Gasteiger partial charge on any atom is -0.460 e. The van der Waals surface area contributed by atoms with Gasteiger partial charge in [-0.1, -0.05) is 24.3 Å². The van der Waals surface area contributed by atoms with Gasteiger partial charge in [-0.05, 0) is 29.7 Å². The zero-order valence-electron chi connectivity index (χ0n) is 33.3. The van der Waals surface area contributed by atoms with Crippen LogP contribution in [-0.2, 0) is 63.1 Å². The first kappa shape index (κ1) is 48.4. The van der Waals surface area contributed by atoms with Gasteiger partial charge in [0, 0.05) is 22.3 Å². The van der Waals surface area contributed by atoms with Gasteiger partial charge in [0.2, 0.25) is 0 Å². The summed E-state index contributed by atoms with van der Waals surface area (Å²) in [6.07, 6.45) is -6.11. The van der Waals surface area contributed by atoms with Crippen molar-refractivity contribution in [2.24, 2.45) is 0 Å². The number of aromatic nitrogens is 1. The molecule has 1 saturated heterocycles. The average Bonchev–Trinajstić information content (AvgIpc) is 3.62. The molecule has 2 N–H and O–H groups in total. The number of hydrogen-bond donors (Lipinski definition) is 2. The Morgan fingerprint density at radius 1 is 0.700 bits per heavy atom. The number of nitrogens with zero attached hydrogens (tertiary/aromatic N) is 1. The Hall–Kier alpha value is -4.22. The third-order valence-corrected chi connectivity index (χ3v) is 8.40. The van der Waals surface area contributed by atoms with Crippen LogP contribution in [0.25, 0.3) is 22.0 Å². The van der Waals surface area contributed by atoms with E-state index in [1.165, 1.54) is 41.3 Å². The first-order valence-corrected chi connectivity index (χ1v) is 19.5. The normalized spacial score (nSPS) is 14.3. The number of H-pyrrole nitrogens is 1. The minimum atomic E-state index is -4.62. The van der Waals surface area contributed by atoms with Crippen molar-refractivity contribution in [1.29, 1.82) is 0 Å². The molecule has 4 rings (SSSR count). The SMILES string of the molecule is O=C(COCCOCCOCCOCCOCCOCCOCCOCCOCCO)OC[C@@H]1CN(c2ccc3cc(-c4ccccc4C(F)(F)F)[nH]c(=O)c3c2)C(=O)O1. The summed E-state index contributed by atoms with van der Waals surface area (Å²) in [5.74, 6) is -0.662. The highest BCUT2D eigenvalue weighted by Crippen LogP contribution is 2.37. The molecule has 1 amide bonds. The molecule has 1 aromatic heterocycles. The number of amides is 1. The highest BCUT2D eigenvalue weighted by atomic mass is 19.4. The number of rotatable bonds is 32. The molecule has 0 radical (unpaired) electrons. The molecule has 1 fully saturated rings. The van der Waals surface area contributed by atoms with Gasteiger partial charge in [-0.15, -0.1) is 0 Å². The number of aliphatic hydroxyl groups excluding tert-OH is 1. The van der Waals surface area contributed by atoms with Gasteiger partial charge in [-0.3, -0.25) is 9.69 Å². The van der Waals surface area contributed by atoms with Crippen LogP contribution in [0.4, 0.5) is 23.7 Å². The predicted octanol–water partition coefficient (Wildman–Crippen LogP) is 3.22. The van der Waals surface area contributed by atoms with E-state index in [1.807, 2.05) is 0 Å². The number of fused-ring (bicyclic) bond motifs is 1. The van der Waals surface area contributed by atoms with E-state index in [0.29, 0.717) is 110 Å². The van der Waals surface area contributed by atoms with Gasteiger partial charge in [0.1, 0.15) is 13.2 Å². The summed E-state index contributed by atoms with van der Waals surface area (Å²) in [5, 5.41) is 9.14. The lowest BCUT2D eigenvalue weighted by atomic mass is 10.0. The number of aromatic amines is 1. The van der Waals surface area contributed by atoms with Crippen LogP contribution in [0.5, 0.6) is 0 Å². The van der Waals surface area contributed by atoms with E-state index in [1.54, 1.807) is 6.07 Å². The summed E-state index contributed by atoms with van der Waals surface area (Å²) in [7, 11) is 0. The van der Waals surface area contributed by atoms with E-state index in [0.717, 1.165) is 6.07 Å². The second-order valence-electron chi connectivity index (χ2n) is 12.8. The number of pyridine rings is 1. The second-order valence-corrected chi connectivity index (χ2v) is 12.8. The molecule has 1 aliphatic rings. The number of carbonyl (C=O) groups excluding carboxylic acids is 2. The first-order chi connectivity index (χ1) is 29.2. The number of ether oxygens (including phenoxy) is 11. The number of cyclic esters (lactones) is 1. The minimum absolute atomic E-state index is 0.0000124. The van der Waals surface area contributed by atoms with Gasteiger partial charge in [-0.2, -0.15) is 13.2 Å². The molecule has 1 aliphatic heterocycles. The van der Waals surface area contributed by atoms with E-state index in [2.05, 4.69) is 4.98 Å². The standard InChI is InChI=1S/C40H53F3N2O15/c41-40(42,43)35-4-2-1-3-33(35)36-25-30-5-6-31(26-34(30)38(48)44-36)45-27-32(60-39(45)49)28-59-37(47)29-58-24-23-57-22-21-56-20-19-55-18-17-54-16-15-53-14-13-52-12-11-51-10-9-50-8-7-46/h1-6,25-26,32,46H,7-24,27-29H2,(H,44,48)/t32-/m0/s1. The van der Waals surface area contributed by atoms with Crippen LogP contribution in [0.1, 0.15) is 5.56 Å². The van der Waals surface area contributed by atoms with Crippen LogP contribution < -0.4 is 10.5 Å². The number of benzene rings is 2. The van der Waals surface area contributed by atoms with Gasteiger partial charge in [0.15, 0.2) is 6.10 Å². The van der Waals surface area contributed by atoms with Gasteiger partial charge >= 0.3 is 18.2 Å². The second kappa shape index (κ2) is 27.6. The Balaban J connectivity index is 0.952. The van der Waals surface area contributed by atoms with Crippen LogP contribution in [0, 0.1) is 0 Å². The van der Waals surface area contributed by atoms with Crippen molar-refractivity contribution in [2.45, 2.75) is 12.3 Å². The Labute approximate surface area is 344 Å². The third kappa shape index (κ3) is 17.8. The zero-order valence-corrected chi connectivity index (χ0v) is 33.3. The predicted molar refractivity (Wildman–Crippen MR) is 208 cm³/mol. The number of nitrogens with one attached hydrogen (secondary N) is 1. The van der Waals surface area contributed by atoms with Crippen molar-refractivity contribution in [3.63, 3.8) is 0 Å². The molecule has 2 aromatic carbocycles. The lowest BCUT2D eigenvalue weighted by Gasteiger charge is -2.15. The Bertz CT molecular complexity index is 1760. The quantitative estimate of drug-likeness (QED) is 0.0687. The van der Waals surface area contributed by atoms with E-state index in [-0.39, 0.29) is 56.2 Å². The molecule has 334 valence electrons. The van der Waals surface area contributed by atoms with E-state index < -0.39 is 35.5 Å². The largest absolute Gasteiger partial charge is 0.460 e. The van der Waals surface area contributed by atoms with E-state index >= 15 is 0 Å². The number of halogens is 3. The Morgan fingerprint density at radius 3 is 1.72 bits per heavy atom. The van der Waals surface area contributed by atoms with Crippen molar-refractivity contribution >= 4 is 28.5 Å². The maximum Gasteiger partial charge on any atom is 0.417 e. The lowest BCUT2D eigenvalue weighted by molar-refractivity contribution is -0.151. The van der Waals surface area contributed by atoms with Crippen LogP contribution in [0.2, 0.25) is 0 Å². The van der Waals surface area contributed by atoms with Crippen LogP contribution >= 0.6 is 0 Å². The van der Waals surface area contributed by atoms with Crippen LogP contribution in [0.3, 0.4) is 0 Å². The molecule has 0 spiro atoms. The van der Waals surface area contributed by atoms with Crippen LogP contribution in [0.15, 0.2) is 53.3 Å². The number of esters is 1. The van der Waals surface area contributed by atoms with Crippen molar-refractivity contribution in [3.8, 4) is 11.3 Å². The van der Waals surface area contributed by atoms with Crippen molar-refractivity contribution < 1.29 is 80.0 Å². The molecule has 17 nitrogen and oxygen atoms in total. The Kier molecular flexibility index (Phi) is 22.3. The molecule has 1 atom stereocenters. The lowest BCUT2D eigenvalue weighted by Crippen LogP contribution is -2.27. The topological polar surface area (TPSA) is 192 Å². The fourth-order valence-electron chi connectivity index (χ4n) is 5.55. The summed E-state index contributed by atoms with van der Waals surface area (Å²) in [6.45, 7) is 6.12. The number of carbonyl (C=O) groups is 2. The van der Waals surface area contributed by atoms with Crippen molar-refractivity contribution in [1.82, 2.24) is 4.98 Å². The Morgan fingerprint density at radius 2 is 1.20 bits per heavy atom. The molecule has 60 heavy (non-hydrogen) atoms. The van der Waals surface area contributed by atoms with Gasteiger partial charge in [-0.25, -0.2) is 9.59 Å². The zero-order chi connectivity index (χ0) is 42.8. The summed E-state index contributed by atoms with van der Waals surface area (Å²) in [6, 6.07) is 10.9. The highest BCUT2D eigenvalue weighted by molar-refractivity contribution is 5.95. The molecule has 3 aromatic rings. The average molecular weight is 859 g/mol. The molecular formula is C40H53F3N2O15. The molecule has 2 heterocycles. The number of aliphatic hydroxyl groups is 1. The number of anilines is 1. The van der Waals surface area contributed by atoms with Crippen molar-refractivity contribution in [3.05, 3.63) is 64.4 Å². The summed E-state index contributed by atoms with van der Waals surface area (Å²) in [4.78, 5) is 41.5. The maximum atomic E-state index is 13.6. The third-order valence-electron chi connectivity index (χ3n) is 8.40. The number of alkyl halides is 3. The molecule has 20 heteroatoms. The summed E-state index contributed by atoms with van der Waals surface area (Å²) < 4.78 is 99.5. The fourth-order valence-corrected chi connectivity index (χ4v) is 5.55. The van der Waals surface area contributed by atoms with Gasteiger partial charge in [0.05, 0.1) is 131 Å². The van der Waals surface area contributed by atoms with E-state index in [4.69, 9.17) is 57.2 Å². The van der Waals surface area contributed by atoms with Gasteiger partial charge < -0.3 is 62.2 Å². The number of hydrogen-bond acceptors (Lipinski definition) is 15.